The topological polar surface area (TPSA) is 18.5 Å². The number of rotatable bonds is 6. The average Bonchev–Trinajstić information content (AvgIpc) is 3.46. The number of ether oxygens (including phenoxy) is 2. The van der Waals surface area contributed by atoms with E-state index >= 15 is 0 Å². The monoisotopic (exact) mass is 746 g/mol. The molecule has 0 atom stereocenters. The van der Waals surface area contributed by atoms with Crippen LogP contribution >= 0.6 is 0 Å². The smallest absolute Gasteiger partial charge is 0.230 e. The molecule has 286 valence electrons. The second-order valence-electron chi connectivity index (χ2n) is 16.9. The van der Waals surface area contributed by atoms with Crippen LogP contribution in [0.3, 0.4) is 0 Å². The lowest BCUT2D eigenvalue weighted by Gasteiger charge is -2.28. The minimum atomic E-state index is 0.155. The van der Waals surface area contributed by atoms with Gasteiger partial charge in [-0.3, -0.25) is 0 Å². The van der Waals surface area contributed by atoms with Crippen LogP contribution in [0.2, 0.25) is 0 Å². The molecule has 2 nitrogen and oxygen atoms in total. The van der Waals surface area contributed by atoms with Crippen LogP contribution in [-0.4, -0.2) is 6.79 Å². The predicted molar refractivity (Wildman–Crippen MR) is 237 cm³/mol. The Balaban J connectivity index is 0.991. The van der Waals surface area contributed by atoms with Crippen molar-refractivity contribution in [3.8, 4) is 46.3 Å². The summed E-state index contributed by atoms with van der Waals surface area (Å²) in [6, 6.07) is 39.5. The van der Waals surface area contributed by atoms with Crippen molar-refractivity contribution in [3.05, 3.63) is 143 Å². The molecule has 0 radical (unpaired) electrons. The summed E-state index contributed by atoms with van der Waals surface area (Å²) < 4.78 is 12.5. The minimum Gasteiger partial charge on any atom is -0.457 e. The molecule has 0 unspecified atom stereocenters. The quantitative estimate of drug-likeness (QED) is 0.158. The molecular formula is C55H54O2. The first-order valence-electron chi connectivity index (χ1n) is 21.7. The Bertz CT molecular complexity index is 2310. The Kier molecular flexibility index (Phi) is 11.1. The average molecular weight is 747 g/mol. The second kappa shape index (κ2) is 17.0. The molecule has 0 spiro atoms. The van der Waals surface area contributed by atoms with Gasteiger partial charge < -0.3 is 9.47 Å². The number of hydrogen-bond donors (Lipinski definition) is 0. The molecule has 0 amide bonds. The fourth-order valence-electron chi connectivity index (χ4n) is 10.0. The van der Waals surface area contributed by atoms with Gasteiger partial charge in [-0.2, -0.15) is 0 Å². The van der Waals surface area contributed by atoms with Gasteiger partial charge in [0.2, 0.25) is 6.79 Å². The van der Waals surface area contributed by atoms with E-state index in [9.17, 15) is 0 Å². The zero-order valence-electron chi connectivity index (χ0n) is 33.7. The molecular weight excluding hydrogens is 693 g/mol. The molecule has 6 aromatic carbocycles. The summed E-state index contributed by atoms with van der Waals surface area (Å²) in [6.07, 6.45) is 16.1. The van der Waals surface area contributed by atoms with Crippen molar-refractivity contribution in [1.82, 2.24) is 0 Å². The van der Waals surface area contributed by atoms with Crippen LogP contribution < -0.4 is 9.47 Å². The van der Waals surface area contributed by atoms with Crippen molar-refractivity contribution in [2.24, 2.45) is 11.8 Å². The van der Waals surface area contributed by atoms with E-state index in [1.54, 1.807) is 0 Å². The first-order chi connectivity index (χ1) is 28.1. The third-order valence-electron chi connectivity index (χ3n) is 13.2. The van der Waals surface area contributed by atoms with E-state index in [-0.39, 0.29) is 6.79 Å². The van der Waals surface area contributed by atoms with E-state index in [2.05, 4.69) is 147 Å². The second-order valence-corrected chi connectivity index (χ2v) is 16.9. The molecule has 0 saturated heterocycles. The summed E-state index contributed by atoms with van der Waals surface area (Å²) >= 11 is 0. The van der Waals surface area contributed by atoms with Crippen molar-refractivity contribution in [2.75, 3.05) is 6.79 Å². The molecule has 1 aliphatic heterocycles. The Hall–Kier alpha value is -5.44. The highest BCUT2D eigenvalue weighted by Crippen LogP contribution is 2.47. The van der Waals surface area contributed by atoms with E-state index in [0.717, 1.165) is 78.3 Å². The van der Waals surface area contributed by atoms with Crippen LogP contribution in [0.4, 0.5) is 0 Å². The lowest BCUT2D eigenvalue weighted by atomic mass is 9.77. The summed E-state index contributed by atoms with van der Waals surface area (Å²) in [6.45, 7) is 4.78. The van der Waals surface area contributed by atoms with Crippen LogP contribution in [0.5, 0.6) is 11.5 Å². The third-order valence-corrected chi connectivity index (χ3v) is 13.2. The summed E-state index contributed by atoms with van der Waals surface area (Å²) in [5.74, 6) is 18.7. The fraction of sp³-hybridized carbons (Fsp3) is 0.345. The van der Waals surface area contributed by atoms with Gasteiger partial charge in [-0.15, -0.1) is 0 Å². The van der Waals surface area contributed by atoms with E-state index < -0.39 is 0 Å². The highest BCUT2D eigenvalue weighted by molar-refractivity contribution is 6.10. The lowest BCUT2D eigenvalue weighted by molar-refractivity contribution is 0.125. The van der Waals surface area contributed by atoms with Gasteiger partial charge in [0.25, 0.3) is 0 Å². The standard InChI is InChI=1S/C55H54O2/c1-3-5-38-11-21-44(22-12-38)46-25-15-40(16-26-46)7-9-42-19-29-48-31-33-52-54(50(48)35-42)55-51-36-43(20-30-49(51)32-34-53(55)57-37-56-52)10-8-41-17-27-47(28-18-41)45-23-13-39(6-4-2)14-24-45/h15-20,25-36,38-39,44-45H,3-6,11-14,21-24,37H2,1-2H3. The van der Waals surface area contributed by atoms with Crippen molar-refractivity contribution in [3.63, 3.8) is 0 Å². The van der Waals surface area contributed by atoms with Crippen molar-refractivity contribution in [1.29, 1.82) is 0 Å². The Morgan fingerprint density at radius 2 is 0.807 bits per heavy atom. The third kappa shape index (κ3) is 8.20. The van der Waals surface area contributed by atoms with Gasteiger partial charge in [-0.1, -0.05) is 112 Å². The van der Waals surface area contributed by atoms with Gasteiger partial charge in [-0.05, 0) is 168 Å². The first-order valence-corrected chi connectivity index (χ1v) is 21.7. The maximum absolute atomic E-state index is 6.25. The molecule has 2 saturated carbocycles. The molecule has 6 aromatic rings. The molecule has 0 aromatic heterocycles. The van der Waals surface area contributed by atoms with Crippen molar-refractivity contribution >= 4 is 21.5 Å². The number of fused-ring (bicyclic) bond motifs is 7. The van der Waals surface area contributed by atoms with Crippen LogP contribution in [0.1, 0.15) is 136 Å². The predicted octanol–water partition coefficient (Wildman–Crippen LogP) is 14.3. The number of benzene rings is 6. The highest BCUT2D eigenvalue weighted by atomic mass is 16.7. The number of hydrogen-bond acceptors (Lipinski definition) is 2. The highest BCUT2D eigenvalue weighted by Gasteiger charge is 2.24. The molecule has 2 fully saturated rings. The minimum absolute atomic E-state index is 0.155. The fourth-order valence-corrected chi connectivity index (χ4v) is 10.0. The zero-order valence-corrected chi connectivity index (χ0v) is 33.7. The normalized spacial score (nSPS) is 20.1. The van der Waals surface area contributed by atoms with Gasteiger partial charge in [-0.25, -0.2) is 0 Å². The van der Waals surface area contributed by atoms with E-state index in [0.29, 0.717) is 11.8 Å². The molecule has 0 bridgehead atoms. The van der Waals surface area contributed by atoms with E-state index in [1.165, 1.54) is 88.2 Å². The van der Waals surface area contributed by atoms with Gasteiger partial charge in [0, 0.05) is 33.4 Å². The molecule has 3 aliphatic rings. The van der Waals surface area contributed by atoms with Crippen molar-refractivity contribution in [2.45, 2.75) is 103 Å². The largest absolute Gasteiger partial charge is 0.457 e. The van der Waals surface area contributed by atoms with Crippen molar-refractivity contribution < 1.29 is 9.47 Å². The Morgan fingerprint density at radius 3 is 1.21 bits per heavy atom. The maximum Gasteiger partial charge on any atom is 0.230 e. The summed E-state index contributed by atoms with van der Waals surface area (Å²) in [5, 5.41) is 4.48. The molecule has 1 heterocycles. The molecule has 2 aliphatic carbocycles. The van der Waals surface area contributed by atoms with Crippen LogP contribution in [0, 0.1) is 35.5 Å². The maximum atomic E-state index is 6.25. The molecule has 9 rings (SSSR count). The summed E-state index contributed by atoms with van der Waals surface area (Å²) in [7, 11) is 0. The van der Waals surface area contributed by atoms with Crippen LogP contribution in [0.15, 0.2) is 109 Å². The van der Waals surface area contributed by atoms with E-state index in [4.69, 9.17) is 9.47 Å². The zero-order chi connectivity index (χ0) is 38.6. The van der Waals surface area contributed by atoms with Gasteiger partial charge >= 0.3 is 0 Å². The molecule has 2 heteroatoms. The molecule has 57 heavy (non-hydrogen) atoms. The molecule has 0 N–H and O–H groups in total. The van der Waals surface area contributed by atoms with E-state index in [1.807, 2.05) is 0 Å². The Labute approximate surface area is 340 Å². The van der Waals surface area contributed by atoms with Crippen LogP contribution in [-0.2, 0) is 0 Å². The van der Waals surface area contributed by atoms with Gasteiger partial charge in [0.05, 0.1) is 0 Å². The van der Waals surface area contributed by atoms with Gasteiger partial charge in [0.15, 0.2) is 0 Å². The Morgan fingerprint density at radius 1 is 0.439 bits per heavy atom. The summed E-state index contributed by atoms with van der Waals surface area (Å²) in [5.41, 5.74) is 9.06. The first kappa shape index (κ1) is 37.2. The summed E-state index contributed by atoms with van der Waals surface area (Å²) in [4.78, 5) is 0. The van der Waals surface area contributed by atoms with Crippen LogP contribution in [0.25, 0.3) is 32.7 Å². The lowest BCUT2D eigenvalue weighted by Crippen LogP contribution is -2.13. The SMILES string of the molecule is CCCC1CCC(c2ccc(C#Cc3ccc4ccc5c(c4c3)-c3c(ccc4ccc(C#Cc6ccc(C7CCC(CCC)CC7)cc6)cc34)OCO5)cc2)CC1. The van der Waals surface area contributed by atoms with Gasteiger partial charge in [0.1, 0.15) is 11.5 Å².